The van der Waals surface area contributed by atoms with Gasteiger partial charge in [-0.1, -0.05) is 0 Å². The number of carbonyl (C=O) groups is 2. The summed E-state index contributed by atoms with van der Waals surface area (Å²) in [5.74, 6) is -1.82. The molecule has 1 atom stereocenters. The Labute approximate surface area is 104 Å². The number of carboxylic acid groups (broad SMARTS) is 1. The number of aromatic nitrogens is 1. The van der Waals surface area contributed by atoms with Crippen LogP contribution in [0.4, 0.5) is 0 Å². The predicted molar refractivity (Wildman–Crippen MR) is 62.3 cm³/mol. The number of methoxy groups -OCH3 is 1. The number of aliphatic hydroxyl groups is 1. The highest BCUT2D eigenvalue weighted by molar-refractivity contribution is 5.95. The van der Waals surface area contributed by atoms with Crippen LogP contribution in [0.15, 0.2) is 18.3 Å². The molecule has 7 nitrogen and oxygen atoms in total. The lowest BCUT2D eigenvalue weighted by atomic mass is 10.3. The van der Waals surface area contributed by atoms with Gasteiger partial charge in [0.05, 0.1) is 13.2 Å². The van der Waals surface area contributed by atoms with E-state index in [-0.39, 0.29) is 0 Å². The van der Waals surface area contributed by atoms with Crippen LogP contribution in [0.25, 0.3) is 0 Å². The van der Waals surface area contributed by atoms with Gasteiger partial charge in [-0.25, -0.2) is 4.79 Å². The van der Waals surface area contributed by atoms with Crippen LogP contribution < -0.4 is 5.32 Å². The fourth-order valence-electron chi connectivity index (χ4n) is 1.42. The van der Waals surface area contributed by atoms with Crippen molar-refractivity contribution in [1.29, 1.82) is 0 Å². The lowest BCUT2D eigenvalue weighted by Crippen LogP contribution is -2.43. The molecule has 0 saturated carbocycles. The summed E-state index contributed by atoms with van der Waals surface area (Å²) in [5.41, 5.74) is 0.326. The Morgan fingerprint density at radius 2 is 2.28 bits per heavy atom. The lowest BCUT2D eigenvalue weighted by Gasteiger charge is -2.13. The van der Waals surface area contributed by atoms with Crippen LogP contribution in [0.3, 0.4) is 0 Å². The van der Waals surface area contributed by atoms with Gasteiger partial charge in [0.25, 0.3) is 5.91 Å². The summed E-state index contributed by atoms with van der Waals surface area (Å²) in [5, 5.41) is 19.8. The number of hydrogen-bond acceptors (Lipinski definition) is 4. The maximum Gasteiger partial charge on any atom is 0.328 e. The molecule has 0 fully saturated rings. The first kappa shape index (κ1) is 14.2. The average molecular weight is 256 g/mol. The van der Waals surface area contributed by atoms with Crippen molar-refractivity contribution in [3.05, 3.63) is 24.0 Å². The molecule has 1 heterocycles. The Bertz CT molecular complexity index is 415. The predicted octanol–water partition coefficient (Wildman–Crippen LogP) is -0.690. The van der Waals surface area contributed by atoms with Crippen molar-refractivity contribution in [2.45, 2.75) is 12.6 Å². The molecule has 7 heteroatoms. The van der Waals surface area contributed by atoms with Crippen LogP contribution in [0, 0.1) is 0 Å². The Morgan fingerprint density at radius 3 is 2.83 bits per heavy atom. The largest absolute Gasteiger partial charge is 0.480 e. The Hall–Kier alpha value is -1.86. The number of nitrogens with one attached hydrogen (secondary N) is 1. The van der Waals surface area contributed by atoms with Crippen LogP contribution in [0.1, 0.15) is 10.5 Å². The molecule has 0 radical (unpaired) electrons. The van der Waals surface area contributed by atoms with E-state index < -0.39 is 24.5 Å². The number of ether oxygens (including phenoxy) is 1. The maximum atomic E-state index is 11.8. The Morgan fingerprint density at radius 1 is 1.56 bits per heavy atom. The molecule has 0 unspecified atom stereocenters. The minimum Gasteiger partial charge on any atom is -0.480 e. The number of carbonyl (C=O) groups excluding carboxylic acids is 1. The minimum atomic E-state index is -1.30. The second-order valence-corrected chi connectivity index (χ2v) is 3.63. The SMILES string of the molecule is COCCn1cccc1C(=O)N[C@H](CO)C(=O)O. The fraction of sp³-hybridized carbons (Fsp3) is 0.455. The quantitative estimate of drug-likeness (QED) is 0.599. The molecule has 1 rings (SSSR count). The van der Waals surface area contributed by atoms with Crippen LogP contribution in [-0.4, -0.2) is 53.0 Å². The van der Waals surface area contributed by atoms with Gasteiger partial charge >= 0.3 is 5.97 Å². The molecule has 0 aliphatic rings. The third-order valence-corrected chi connectivity index (χ3v) is 2.38. The summed E-state index contributed by atoms with van der Waals surface area (Å²) >= 11 is 0. The van der Waals surface area contributed by atoms with E-state index in [9.17, 15) is 9.59 Å². The Kier molecular flexibility index (Phi) is 5.34. The van der Waals surface area contributed by atoms with Crippen molar-refractivity contribution in [2.75, 3.05) is 20.3 Å². The van der Waals surface area contributed by atoms with E-state index in [1.165, 1.54) is 0 Å². The molecule has 1 aromatic rings. The van der Waals surface area contributed by atoms with Gasteiger partial charge in [-0.3, -0.25) is 4.79 Å². The second-order valence-electron chi connectivity index (χ2n) is 3.63. The topological polar surface area (TPSA) is 101 Å². The summed E-state index contributed by atoms with van der Waals surface area (Å²) in [6.45, 7) is 0.278. The zero-order chi connectivity index (χ0) is 13.5. The smallest absolute Gasteiger partial charge is 0.328 e. The van der Waals surface area contributed by atoms with Gasteiger partial charge in [0.15, 0.2) is 6.04 Å². The first-order chi connectivity index (χ1) is 8.60. The zero-order valence-electron chi connectivity index (χ0n) is 10.00. The summed E-state index contributed by atoms with van der Waals surface area (Å²) in [6.07, 6.45) is 1.70. The second kappa shape index (κ2) is 6.77. The molecule has 0 spiro atoms. The number of hydrogen-bond donors (Lipinski definition) is 3. The van der Waals surface area contributed by atoms with Gasteiger partial charge in [-0.05, 0) is 12.1 Å². The van der Waals surface area contributed by atoms with E-state index in [2.05, 4.69) is 5.32 Å². The molecule has 0 aliphatic heterocycles. The number of aliphatic hydroxyl groups excluding tert-OH is 1. The van der Waals surface area contributed by atoms with Gasteiger partial charge in [0.2, 0.25) is 0 Å². The van der Waals surface area contributed by atoms with Gasteiger partial charge in [-0.2, -0.15) is 0 Å². The third kappa shape index (κ3) is 3.57. The summed E-state index contributed by atoms with van der Waals surface area (Å²) in [4.78, 5) is 22.5. The average Bonchev–Trinajstić information content (AvgIpc) is 2.80. The molecule has 0 bridgehead atoms. The molecule has 0 saturated heterocycles. The first-order valence-corrected chi connectivity index (χ1v) is 5.38. The van der Waals surface area contributed by atoms with Crippen LogP contribution in [-0.2, 0) is 16.1 Å². The monoisotopic (exact) mass is 256 g/mol. The van der Waals surface area contributed by atoms with E-state index in [1.54, 1.807) is 30.0 Å². The van der Waals surface area contributed by atoms with Gasteiger partial charge in [0, 0.05) is 19.9 Å². The summed E-state index contributed by atoms with van der Waals surface area (Å²) < 4.78 is 6.55. The first-order valence-electron chi connectivity index (χ1n) is 5.38. The molecule has 1 amide bonds. The van der Waals surface area contributed by atoms with Crippen LogP contribution in [0.5, 0.6) is 0 Å². The van der Waals surface area contributed by atoms with Crippen molar-refractivity contribution in [2.24, 2.45) is 0 Å². The number of carboxylic acids is 1. The van der Waals surface area contributed by atoms with Gasteiger partial charge < -0.3 is 24.8 Å². The van der Waals surface area contributed by atoms with Crippen molar-refractivity contribution in [3.63, 3.8) is 0 Å². The normalized spacial score (nSPS) is 12.1. The highest BCUT2D eigenvalue weighted by Gasteiger charge is 2.20. The molecule has 18 heavy (non-hydrogen) atoms. The molecule has 100 valence electrons. The van der Waals surface area contributed by atoms with Crippen LogP contribution >= 0.6 is 0 Å². The van der Waals surface area contributed by atoms with E-state index in [0.717, 1.165) is 0 Å². The molecule has 1 aromatic heterocycles. The Balaban J connectivity index is 2.71. The molecule has 0 aromatic carbocycles. The van der Waals surface area contributed by atoms with Gasteiger partial charge in [0.1, 0.15) is 5.69 Å². The number of aliphatic carboxylic acids is 1. The highest BCUT2D eigenvalue weighted by atomic mass is 16.5. The molecular weight excluding hydrogens is 240 g/mol. The number of rotatable bonds is 7. The van der Waals surface area contributed by atoms with Crippen molar-refractivity contribution in [3.8, 4) is 0 Å². The molecule has 3 N–H and O–H groups in total. The van der Waals surface area contributed by atoms with E-state index in [0.29, 0.717) is 18.8 Å². The van der Waals surface area contributed by atoms with Crippen molar-refractivity contribution in [1.82, 2.24) is 9.88 Å². The van der Waals surface area contributed by atoms with Crippen LogP contribution in [0.2, 0.25) is 0 Å². The molecular formula is C11H16N2O5. The minimum absolute atomic E-state index is 0.326. The zero-order valence-corrected chi connectivity index (χ0v) is 10.00. The summed E-state index contributed by atoms with van der Waals surface area (Å²) in [6, 6.07) is 1.95. The van der Waals surface area contributed by atoms with E-state index >= 15 is 0 Å². The lowest BCUT2D eigenvalue weighted by molar-refractivity contribution is -0.140. The summed E-state index contributed by atoms with van der Waals surface area (Å²) in [7, 11) is 1.55. The van der Waals surface area contributed by atoms with Crippen molar-refractivity contribution < 1.29 is 24.5 Å². The van der Waals surface area contributed by atoms with Crippen molar-refractivity contribution >= 4 is 11.9 Å². The van der Waals surface area contributed by atoms with E-state index in [4.69, 9.17) is 14.9 Å². The van der Waals surface area contributed by atoms with E-state index in [1.807, 2.05) is 0 Å². The van der Waals surface area contributed by atoms with Gasteiger partial charge in [-0.15, -0.1) is 0 Å². The number of nitrogens with zero attached hydrogens (tertiary/aromatic N) is 1. The highest BCUT2D eigenvalue weighted by Crippen LogP contribution is 2.03. The fourth-order valence-corrected chi connectivity index (χ4v) is 1.42. The molecule has 0 aliphatic carbocycles. The number of amides is 1. The maximum absolute atomic E-state index is 11.8. The third-order valence-electron chi connectivity index (χ3n) is 2.38. The standard InChI is InChI=1S/C11H16N2O5/c1-18-6-5-13-4-2-3-9(13)10(15)12-8(7-14)11(16)17/h2-4,8,14H,5-7H2,1H3,(H,12,15)(H,16,17)/t8-/m1/s1.